The first-order chi connectivity index (χ1) is 15.9. The van der Waals surface area contributed by atoms with Crippen LogP contribution in [0.2, 0.25) is 0 Å². The van der Waals surface area contributed by atoms with E-state index in [4.69, 9.17) is 10.5 Å². The quantitative estimate of drug-likeness (QED) is 0.509. The number of primary amides is 1. The Bertz CT molecular complexity index is 1330. The summed E-state index contributed by atoms with van der Waals surface area (Å²) in [5.74, 6) is -0.626. The molecule has 0 aliphatic heterocycles. The van der Waals surface area contributed by atoms with Gasteiger partial charge in [-0.3, -0.25) is 4.79 Å². The molecule has 4 N–H and O–H groups in total. The fourth-order valence-electron chi connectivity index (χ4n) is 3.42. The predicted octanol–water partition coefficient (Wildman–Crippen LogP) is 2.99. The number of carbonyl (C=O) groups excluding carboxylic acids is 2. The number of methoxy groups -OCH3 is 1. The summed E-state index contributed by atoms with van der Waals surface area (Å²) in [6, 6.07) is 10.8. The van der Waals surface area contributed by atoms with Crippen LogP contribution in [-0.4, -0.2) is 44.2 Å². The number of hydrogen-bond donors (Lipinski definition) is 3. The van der Waals surface area contributed by atoms with E-state index in [0.717, 1.165) is 5.57 Å². The van der Waals surface area contributed by atoms with Crippen LogP contribution in [0.4, 0.5) is 0 Å². The van der Waals surface area contributed by atoms with Crippen molar-refractivity contribution in [1.29, 1.82) is 0 Å². The number of aromatic hydroxyl groups is 2. The van der Waals surface area contributed by atoms with Crippen molar-refractivity contribution >= 4 is 17.4 Å². The molecule has 33 heavy (non-hydrogen) atoms. The van der Waals surface area contributed by atoms with Gasteiger partial charge in [-0.25, -0.2) is 19.7 Å². The minimum Gasteiger partial charge on any atom is -0.507 e. The molecule has 0 radical (unpaired) electrons. The molecule has 166 valence electrons. The van der Waals surface area contributed by atoms with E-state index in [9.17, 15) is 19.8 Å². The second kappa shape index (κ2) is 8.91. The molecule has 1 amide bonds. The third kappa shape index (κ3) is 4.42. The van der Waals surface area contributed by atoms with Crippen LogP contribution >= 0.6 is 0 Å². The number of hydrogen-bond acceptors (Lipinski definition) is 8. The molecule has 2 aromatic carbocycles. The van der Waals surface area contributed by atoms with E-state index in [1.165, 1.54) is 31.4 Å². The fourth-order valence-corrected chi connectivity index (χ4v) is 3.42. The molecule has 0 bridgehead atoms. The molecule has 1 aliphatic carbocycles. The Labute approximate surface area is 188 Å². The van der Waals surface area contributed by atoms with Gasteiger partial charge in [0.25, 0.3) is 0 Å². The Morgan fingerprint density at radius 1 is 0.879 bits per heavy atom. The lowest BCUT2D eigenvalue weighted by Crippen LogP contribution is -2.11. The zero-order chi connectivity index (χ0) is 23.5. The van der Waals surface area contributed by atoms with Crippen LogP contribution in [-0.2, 0) is 9.53 Å². The van der Waals surface area contributed by atoms with E-state index in [1.54, 1.807) is 30.4 Å². The second-order valence-electron chi connectivity index (χ2n) is 7.29. The molecule has 0 saturated carbocycles. The Hall–Kier alpha value is -4.53. The van der Waals surface area contributed by atoms with Gasteiger partial charge >= 0.3 is 5.97 Å². The highest BCUT2D eigenvalue weighted by atomic mass is 16.5. The number of allylic oxidation sites excluding steroid dienone is 3. The Morgan fingerprint density at radius 2 is 1.55 bits per heavy atom. The van der Waals surface area contributed by atoms with Crippen molar-refractivity contribution in [2.45, 2.75) is 12.8 Å². The van der Waals surface area contributed by atoms with E-state index < -0.39 is 11.9 Å². The first-order valence-corrected chi connectivity index (χ1v) is 10.0. The molecule has 0 atom stereocenters. The highest BCUT2D eigenvalue weighted by Gasteiger charge is 2.20. The number of benzene rings is 2. The highest BCUT2D eigenvalue weighted by Crippen LogP contribution is 2.33. The zero-order valence-corrected chi connectivity index (χ0v) is 17.6. The third-order valence-corrected chi connectivity index (χ3v) is 5.19. The number of nitrogens with zero attached hydrogens (tertiary/aromatic N) is 3. The average Bonchev–Trinajstić information content (AvgIpc) is 2.83. The van der Waals surface area contributed by atoms with Crippen molar-refractivity contribution in [3.05, 3.63) is 71.6 Å². The molecule has 1 aromatic heterocycles. The minimum absolute atomic E-state index is 0.0144. The van der Waals surface area contributed by atoms with Gasteiger partial charge < -0.3 is 20.7 Å². The first-order valence-electron chi connectivity index (χ1n) is 10.0. The Balaban J connectivity index is 1.86. The van der Waals surface area contributed by atoms with Crippen LogP contribution in [0.1, 0.15) is 29.0 Å². The average molecular weight is 444 g/mol. The summed E-state index contributed by atoms with van der Waals surface area (Å²) in [4.78, 5) is 36.7. The van der Waals surface area contributed by atoms with Gasteiger partial charge in [0.05, 0.1) is 18.2 Å². The van der Waals surface area contributed by atoms with E-state index in [-0.39, 0.29) is 34.3 Å². The lowest BCUT2D eigenvalue weighted by Gasteiger charge is -2.15. The summed E-state index contributed by atoms with van der Waals surface area (Å²) in [6.45, 7) is 0. The summed E-state index contributed by atoms with van der Waals surface area (Å²) in [6.07, 6.45) is 4.33. The van der Waals surface area contributed by atoms with Crippen molar-refractivity contribution in [3.63, 3.8) is 0 Å². The van der Waals surface area contributed by atoms with E-state index in [0.29, 0.717) is 29.8 Å². The monoisotopic (exact) mass is 444 g/mol. The van der Waals surface area contributed by atoms with Crippen molar-refractivity contribution in [2.24, 2.45) is 5.73 Å². The van der Waals surface area contributed by atoms with Gasteiger partial charge in [0, 0.05) is 11.1 Å². The topological polar surface area (TPSA) is 149 Å². The number of para-hydroxylation sites is 1. The van der Waals surface area contributed by atoms with Crippen LogP contribution in [0.25, 0.3) is 28.3 Å². The van der Waals surface area contributed by atoms with Crippen LogP contribution in [0, 0.1) is 0 Å². The van der Waals surface area contributed by atoms with Crippen LogP contribution < -0.4 is 5.73 Å². The lowest BCUT2D eigenvalue weighted by atomic mass is 9.97. The lowest BCUT2D eigenvalue weighted by molar-refractivity contribution is -0.136. The van der Waals surface area contributed by atoms with Crippen molar-refractivity contribution in [1.82, 2.24) is 15.0 Å². The molecule has 3 aromatic rings. The van der Waals surface area contributed by atoms with E-state index in [1.807, 2.05) is 0 Å². The first kappa shape index (κ1) is 21.7. The largest absolute Gasteiger partial charge is 0.507 e. The normalized spacial score (nSPS) is 13.1. The number of aromatic nitrogens is 3. The summed E-state index contributed by atoms with van der Waals surface area (Å²) in [5.41, 5.74) is 7.37. The summed E-state index contributed by atoms with van der Waals surface area (Å²) in [5, 5.41) is 20.8. The standard InChI is InChI=1S/C24H20N4O5/c1-33-24(32)14-8-6-13(7-9-14)21-26-22(16-4-2-3-5-18(16)29)28-23(27-21)17-11-10-15(20(25)31)12-19(17)30/h2-6,8,10-12,29-30H,7,9H2,1H3,(H2,25,31). The van der Waals surface area contributed by atoms with Gasteiger partial charge in [0.15, 0.2) is 17.5 Å². The van der Waals surface area contributed by atoms with Crippen molar-refractivity contribution in [2.75, 3.05) is 7.11 Å². The van der Waals surface area contributed by atoms with E-state index >= 15 is 0 Å². The minimum atomic E-state index is -0.677. The fraction of sp³-hybridized carbons (Fsp3) is 0.125. The Morgan fingerprint density at radius 3 is 2.12 bits per heavy atom. The van der Waals surface area contributed by atoms with Crippen LogP contribution in [0.15, 0.2) is 60.2 Å². The number of phenolic OH excluding ortho intramolecular Hbond substituents is 2. The maximum atomic E-state index is 11.8. The van der Waals surface area contributed by atoms with Gasteiger partial charge in [0.2, 0.25) is 5.91 Å². The van der Waals surface area contributed by atoms with Crippen LogP contribution in [0.3, 0.4) is 0 Å². The van der Waals surface area contributed by atoms with Gasteiger partial charge in [-0.2, -0.15) is 0 Å². The smallest absolute Gasteiger partial charge is 0.333 e. The number of carbonyl (C=O) groups is 2. The van der Waals surface area contributed by atoms with E-state index in [2.05, 4.69) is 15.0 Å². The maximum Gasteiger partial charge on any atom is 0.333 e. The molecule has 9 heteroatoms. The van der Waals surface area contributed by atoms with Crippen molar-refractivity contribution in [3.8, 4) is 34.3 Å². The summed E-state index contributed by atoms with van der Waals surface area (Å²) < 4.78 is 4.77. The number of ether oxygens (including phenoxy) is 1. The zero-order valence-electron chi connectivity index (χ0n) is 17.6. The molecule has 1 heterocycles. The number of rotatable bonds is 5. The van der Waals surface area contributed by atoms with Gasteiger partial charge in [-0.05, 0) is 48.7 Å². The molecule has 0 spiro atoms. The van der Waals surface area contributed by atoms with Gasteiger partial charge in [-0.1, -0.05) is 24.3 Å². The van der Waals surface area contributed by atoms with Crippen LogP contribution in [0.5, 0.6) is 11.5 Å². The number of amides is 1. The SMILES string of the molecule is COC(=O)C1=CC=C(c2nc(-c3ccccc3O)nc(-c3ccc(C(N)=O)cc3O)n2)CC1. The van der Waals surface area contributed by atoms with Gasteiger partial charge in [-0.15, -0.1) is 0 Å². The highest BCUT2D eigenvalue weighted by molar-refractivity contribution is 5.94. The van der Waals surface area contributed by atoms with Crippen molar-refractivity contribution < 1.29 is 24.5 Å². The molecule has 0 unspecified atom stereocenters. The third-order valence-electron chi connectivity index (χ3n) is 5.19. The molecular formula is C24H20N4O5. The molecule has 0 saturated heterocycles. The Kier molecular flexibility index (Phi) is 5.86. The number of phenols is 2. The molecule has 4 rings (SSSR count). The summed E-state index contributed by atoms with van der Waals surface area (Å²) in [7, 11) is 1.33. The van der Waals surface area contributed by atoms with Gasteiger partial charge in [0.1, 0.15) is 11.5 Å². The second-order valence-corrected chi connectivity index (χ2v) is 7.29. The summed E-state index contributed by atoms with van der Waals surface area (Å²) >= 11 is 0. The molecule has 0 fully saturated rings. The molecule has 9 nitrogen and oxygen atoms in total. The predicted molar refractivity (Wildman–Crippen MR) is 120 cm³/mol. The maximum absolute atomic E-state index is 11.8. The molecule has 1 aliphatic rings. The number of nitrogens with two attached hydrogens (primary N) is 1. The molecular weight excluding hydrogens is 424 g/mol. The number of esters is 1.